The van der Waals surface area contributed by atoms with E-state index in [0.29, 0.717) is 49.4 Å². The monoisotopic (exact) mass is 975 g/mol. The Morgan fingerprint density at radius 3 is 2.49 bits per heavy atom. The number of halogens is 1. The number of methoxy groups -OCH3 is 2. The van der Waals surface area contributed by atoms with Crippen molar-refractivity contribution in [3.05, 3.63) is 46.5 Å². The van der Waals surface area contributed by atoms with Crippen LogP contribution < -0.4 is 26.2 Å². The maximum Gasteiger partial charge on any atom is 0.409 e. The number of allylic oxidation sites excluding steroid dienone is 3. The van der Waals surface area contributed by atoms with Gasteiger partial charge in [-0.05, 0) is 95.6 Å². The van der Waals surface area contributed by atoms with E-state index in [-0.39, 0.29) is 60.4 Å². The minimum absolute atomic E-state index is 0.0701. The number of nitrogens with two attached hydrogens (primary N) is 1. The van der Waals surface area contributed by atoms with Crippen molar-refractivity contribution in [3.8, 4) is 5.75 Å². The first-order valence-electron chi connectivity index (χ1n) is 22.8. The summed E-state index contributed by atoms with van der Waals surface area (Å²) in [7, 11) is 4.49. The number of rotatable bonds is 13. The van der Waals surface area contributed by atoms with E-state index in [9.17, 15) is 33.9 Å². The zero-order valence-corrected chi connectivity index (χ0v) is 41.2. The molecule has 67 heavy (non-hydrogen) atoms. The molecule has 8 atom stereocenters. The molecule has 6 rings (SSSR count). The number of hydrazine groups is 1. The molecule has 370 valence electrons. The molecule has 0 radical (unpaired) electrons. The van der Waals surface area contributed by atoms with Gasteiger partial charge in [-0.1, -0.05) is 42.3 Å². The van der Waals surface area contributed by atoms with Crippen molar-refractivity contribution >= 4 is 64.7 Å². The number of alkyl carbamates (subject to hydrolysis) is 1. The molecular weight excluding hydrogens is 910 g/mol. The molecule has 4 bridgehead atoms. The largest absolute Gasteiger partial charge is 0.495 e. The third kappa shape index (κ3) is 12.0. The average molecular weight is 977 g/mol. The van der Waals surface area contributed by atoms with Crippen molar-refractivity contribution in [2.75, 3.05) is 45.1 Å². The predicted octanol–water partition coefficient (Wildman–Crippen LogP) is 4.51. The zero-order valence-electron chi connectivity index (χ0n) is 39.6. The first-order valence-corrected chi connectivity index (χ1v) is 24.3. The van der Waals surface area contributed by atoms with Crippen molar-refractivity contribution in [1.29, 1.82) is 0 Å². The normalized spacial score (nSPS) is 32.9. The number of benzene rings is 1. The van der Waals surface area contributed by atoms with Crippen molar-refractivity contribution in [3.63, 3.8) is 0 Å². The van der Waals surface area contributed by atoms with Gasteiger partial charge in [-0.15, -0.1) is 11.8 Å². The van der Waals surface area contributed by atoms with Crippen molar-refractivity contribution in [1.82, 2.24) is 15.6 Å². The lowest BCUT2D eigenvalue weighted by Crippen LogP contribution is -2.63. The van der Waals surface area contributed by atoms with E-state index in [0.717, 1.165) is 24.0 Å². The lowest BCUT2D eigenvalue weighted by molar-refractivity contribution is -0.177. The summed E-state index contributed by atoms with van der Waals surface area (Å²) in [6.07, 6.45) is 4.08. The van der Waals surface area contributed by atoms with Gasteiger partial charge in [-0.25, -0.2) is 15.4 Å². The topological polar surface area (TPSA) is 238 Å². The third-order valence-electron chi connectivity index (χ3n) is 13.8. The van der Waals surface area contributed by atoms with E-state index in [1.54, 1.807) is 59.0 Å². The average Bonchev–Trinajstić information content (AvgIpc) is 3.92. The second-order valence-corrected chi connectivity index (χ2v) is 20.7. The molecule has 1 aliphatic carbocycles. The Bertz CT molecular complexity index is 2120. The smallest absolute Gasteiger partial charge is 0.409 e. The van der Waals surface area contributed by atoms with Crippen LogP contribution in [0.3, 0.4) is 0 Å². The molecule has 3 saturated heterocycles. The summed E-state index contributed by atoms with van der Waals surface area (Å²) >= 11 is 8.19. The maximum atomic E-state index is 14.3. The van der Waals surface area contributed by atoms with Gasteiger partial charge in [-0.2, -0.15) is 0 Å². The van der Waals surface area contributed by atoms with Gasteiger partial charge in [-0.3, -0.25) is 34.8 Å². The van der Waals surface area contributed by atoms with Crippen LogP contribution in [-0.2, 0) is 54.1 Å². The molecule has 4 aliphatic heterocycles. The molecule has 5 amide bonds. The predicted molar refractivity (Wildman–Crippen MR) is 249 cm³/mol. The summed E-state index contributed by atoms with van der Waals surface area (Å²) in [5, 5.41) is 14.0. The van der Waals surface area contributed by atoms with E-state index in [4.69, 9.17) is 45.9 Å². The highest BCUT2D eigenvalue weighted by Gasteiger charge is 2.65. The van der Waals surface area contributed by atoms with Gasteiger partial charge in [0, 0.05) is 52.0 Å². The second kappa shape index (κ2) is 21.6. The Labute approximate surface area is 401 Å². The van der Waals surface area contributed by atoms with Gasteiger partial charge in [0.2, 0.25) is 23.6 Å². The number of aliphatic hydroxyl groups is 1. The zero-order chi connectivity index (χ0) is 49.0. The third-order valence-corrected chi connectivity index (χ3v) is 15.4. The number of ether oxygens (including phenoxy) is 6. The number of hydrogen-bond donors (Lipinski definition) is 4. The first kappa shape index (κ1) is 52.1. The van der Waals surface area contributed by atoms with Crippen LogP contribution in [0.2, 0.25) is 5.02 Å². The summed E-state index contributed by atoms with van der Waals surface area (Å²) in [5.74, 6) is 3.75. The van der Waals surface area contributed by atoms with E-state index in [2.05, 4.69) is 10.7 Å². The summed E-state index contributed by atoms with van der Waals surface area (Å²) in [5.41, 5.74) is -0.299. The molecule has 1 aromatic rings. The number of anilines is 1. The van der Waals surface area contributed by atoms with Gasteiger partial charge >= 0.3 is 12.1 Å². The van der Waals surface area contributed by atoms with Gasteiger partial charge in [0.05, 0.1) is 30.6 Å². The summed E-state index contributed by atoms with van der Waals surface area (Å²) < 4.78 is 35.6. The van der Waals surface area contributed by atoms with Crippen LogP contribution in [0.4, 0.5) is 10.5 Å². The van der Waals surface area contributed by atoms with E-state index >= 15 is 0 Å². The van der Waals surface area contributed by atoms with Crippen LogP contribution in [0.25, 0.3) is 0 Å². The molecule has 0 spiro atoms. The molecule has 0 aromatic heterocycles. The number of hydrogen-bond acceptors (Lipinski definition) is 15. The maximum absolute atomic E-state index is 14.3. The summed E-state index contributed by atoms with van der Waals surface area (Å²) in [6, 6.07) is 3.58. The van der Waals surface area contributed by atoms with Crippen molar-refractivity contribution in [2.24, 2.45) is 23.6 Å². The van der Waals surface area contributed by atoms with Crippen LogP contribution in [0.15, 0.2) is 35.9 Å². The lowest BCUT2D eigenvalue weighted by atomic mass is 9.81. The number of nitrogens with one attached hydrogen (secondary N) is 2. The molecule has 18 nitrogen and oxygen atoms in total. The Balaban J connectivity index is 1.13. The molecule has 1 saturated carbocycles. The van der Waals surface area contributed by atoms with Crippen molar-refractivity contribution < 1.29 is 62.3 Å². The molecule has 5 aliphatic rings. The van der Waals surface area contributed by atoms with Crippen LogP contribution in [-0.4, -0.2) is 132 Å². The Morgan fingerprint density at radius 2 is 1.82 bits per heavy atom. The number of nitrogens with zero attached hydrogens (tertiary/aromatic N) is 2. The number of esters is 1. The first-order chi connectivity index (χ1) is 31.6. The highest BCUT2D eigenvalue weighted by molar-refractivity contribution is 8.00. The fourth-order valence-electron chi connectivity index (χ4n) is 9.51. The summed E-state index contributed by atoms with van der Waals surface area (Å²) in [6.45, 7) is 9.03. The molecular formula is C47H66ClN5O13S. The number of likely N-dealkylation sites (tertiary alicyclic amines) is 1. The number of amides is 5. The van der Waals surface area contributed by atoms with Gasteiger partial charge in [0.15, 0.2) is 11.3 Å². The van der Waals surface area contributed by atoms with E-state index in [1.807, 2.05) is 13.0 Å². The highest BCUT2D eigenvalue weighted by atomic mass is 35.5. The molecule has 20 heteroatoms. The van der Waals surface area contributed by atoms with Gasteiger partial charge in [0.25, 0.3) is 0 Å². The molecule has 4 fully saturated rings. The molecule has 4 heterocycles. The Hall–Kier alpha value is -4.24. The quantitative estimate of drug-likeness (QED) is 0.0405. The number of fused-ring (bicyclic) bond motifs is 5. The number of carbonyl (C=O) groups excluding carboxylic acids is 6. The van der Waals surface area contributed by atoms with E-state index < -0.39 is 70.5 Å². The fourth-order valence-corrected chi connectivity index (χ4v) is 10.9. The van der Waals surface area contributed by atoms with Crippen LogP contribution >= 0.6 is 23.4 Å². The SMILES string of the molecule is COc1cc2cc(c1Cl)N(C)C(=O)C[C@H](OC(=O)C(C)(C)OCCCSC1CC(=O)N(CC3CCC(C(=O)NN)CC3)C1=O)[C@]1(C)O[C@H]1[C@H](C)C1C[C@@](O)(NC(=O)O1)[C@H](OC)/C=C/C=C(\C)C2. The fraction of sp³-hybridized carbons (Fsp3) is 0.660. The second-order valence-electron chi connectivity index (χ2n) is 19.0. The number of imide groups is 1. The number of thioether (sulfide) groups is 1. The number of epoxide rings is 1. The molecule has 5 N–H and O–H groups in total. The molecule has 2 unspecified atom stereocenters. The van der Waals surface area contributed by atoms with Crippen molar-refractivity contribution in [2.45, 2.75) is 139 Å². The van der Waals surface area contributed by atoms with E-state index in [1.165, 1.54) is 35.8 Å². The highest BCUT2D eigenvalue weighted by Crippen LogP contribution is 2.49. The lowest BCUT2D eigenvalue weighted by Gasteiger charge is -2.42. The molecule has 1 aromatic carbocycles. The van der Waals surface area contributed by atoms with Crippen LogP contribution in [0.5, 0.6) is 5.75 Å². The minimum atomic E-state index is -1.85. The standard InChI is InChI=1S/C47H66ClN5O13S/c1-26-11-9-12-35(62-8)47(60)24-33(64-44(59)50-47)27(2)40-46(5,66-40)36(23-37(54)52(6)31-20-29(19-26)21-32(61-7)39(31)48)65-43(58)45(3,4)63-17-10-18-67-34-22-38(55)53(42(34)57)25-28-13-15-30(16-14-28)41(56)51-49/h9,11-12,20-21,27-28,30,33-36,40,60H,10,13-19,22-25,49H2,1-8H3,(H,50,59)(H,51,56)/b12-9+,26-11+/t27-,28?,30?,33?,34?,35-,36+,40+,46+,47+/m1/s1. The number of carbonyl (C=O) groups is 6. The Morgan fingerprint density at radius 1 is 1.10 bits per heavy atom. The Kier molecular flexibility index (Phi) is 16.8. The minimum Gasteiger partial charge on any atom is -0.495 e. The van der Waals surface area contributed by atoms with Crippen LogP contribution in [0.1, 0.15) is 91.5 Å². The van der Waals surface area contributed by atoms with Gasteiger partial charge in [0.1, 0.15) is 34.7 Å². The summed E-state index contributed by atoms with van der Waals surface area (Å²) in [4.78, 5) is 82.2. The van der Waals surface area contributed by atoms with Gasteiger partial charge < -0.3 is 38.4 Å². The van der Waals surface area contributed by atoms with Crippen LogP contribution in [0, 0.1) is 17.8 Å².